The molecule has 3 rings (SSSR count). The maximum Gasteiger partial charge on any atom is 0.193 e. The zero-order valence-corrected chi connectivity index (χ0v) is 13.5. The summed E-state index contributed by atoms with van der Waals surface area (Å²) in [6, 6.07) is 24.6. The monoisotopic (exact) mass is 321 g/mol. The molecule has 0 unspecified atom stereocenters. The molecule has 23 heavy (non-hydrogen) atoms. The molecule has 3 aromatic rings. The normalized spacial score (nSPS) is 10.3. The zero-order chi connectivity index (χ0) is 16.2. The number of benzene rings is 3. The Balaban J connectivity index is 1.91. The number of hydrogen-bond donors (Lipinski definition) is 0. The van der Waals surface area contributed by atoms with Gasteiger partial charge in [0.25, 0.3) is 0 Å². The average Bonchev–Trinajstić information content (AvgIpc) is 2.62. The van der Waals surface area contributed by atoms with Gasteiger partial charge in [0, 0.05) is 23.9 Å². The molecule has 0 spiro atoms. The quantitative estimate of drug-likeness (QED) is 0.605. The summed E-state index contributed by atoms with van der Waals surface area (Å²) >= 11 is 6.41. The van der Waals surface area contributed by atoms with Crippen LogP contribution < -0.4 is 4.90 Å². The van der Waals surface area contributed by atoms with Gasteiger partial charge < -0.3 is 4.90 Å². The SMILES string of the molecule is CN(c1ccccc1)c1ccc(C(=O)c2ccccc2)cc1Cl. The molecule has 3 heteroatoms. The molecule has 0 aromatic heterocycles. The van der Waals surface area contributed by atoms with Crippen molar-refractivity contribution >= 4 is 28.8 Å². The smallest absolute Gasteiger partial charge is 0.193 e. The second-order valence-electron chi connectivity index (χ2n) is 5.26. The Morgan fingerprint density at radius 2 is 1.43 bits per heavy atom. The van der Waals surface area contributed by atoms with Gasteiger partial charge in [0.05, 0.1) is 10.7 Å². The maximum absolute atomic E-state index is 12.5. The van der Waals surface area contributed by atoms with E-state index in [1.54, 1.807) is 18.2 Å². The molecule has 0 aliphatic carbocycles. The lowest BCUT2D eigenvalue weighted by atomic mass is 10.0. The Bertz CT molecular complexity index is 816. The van der Waals surface area contributed by atoms with Gasteiger partial charge in [-0.25, -0.2) is 0 Å². The van der Waals surface area contributed by atoms with Crippen molar-refractivity contribution < 1.29 is 4.79 Å². The van der Waals surface area contributed by atoms with Crippen LogP contribution in [-0.4, -0.2) is 12.8 Å². The summed E-state index contributed by atoms with van der Waals surface area (Å²) in [6.45, 7) is 0. The van der Waals surface area contributed by atoms with Gasteiger partial charge in [0.2, 0.25) is 0 Å². The first kappa shape index (κ1) is 15.3. The molecular formula is C20H16ClNO. The fraction of sp³-hybridized carbons (Fsp3) is 0.0500. The van der Waals surface area contributed by atoms with Crippen LogP contribution in [0.4, 0.5) is 11.4 Å². The lowest BCUT2D eigenvalue weighted by Crippen LogP contribution is -2.10. The van der Waals surface area contributed by atoms with Crippen molar-refractivity contribution in [2.75, 3.05) is 11.9 Å². The van der Waals surface area contributed by atoms with Crippen LogP contribution in [0, 0.1) is 0 Å². The van der Waals surface area contributed by atoms with Crippen molar-refractivity contribution in [3.63, 3.8) is 0 Å². The number of ketones is 1. The van der Waals surface area contributed by atoms with E-state index < -0.39 is 0 Å². The lowest BCUT2D eigenvalue weighted by Gasteiger charge is -2.21. The number of carbonyl (C=O) groups is 1. The van der Waals surface area contributed by atoms with Gasteiger partial charge in [-0.2, -0.15) is 0 Å². The van der Waals surface area contributed by atoms with Crippen molar-refractivity contribution in [1.82, 2.24) is 0 Å². The predicted molar refractivity (Wildman–Crippen MR) is 95.8 cm³/mol. The minimum absolute atomic E-state index is 0.0265. The number of nitrogens with zero attached hydrogens (tertiary/aromatic N) is 1. The molecule has 0 aliphatic heterocycles. The Morgan fingerprint density at radius 3 is 2.04 bits per heavy atom. The van der Waals surface area contributed by atoms with E-state index in [4.69, 9.17) is 11.6 Å². The Kier molecular flexibility index (Phi) is 4.45. The molecule has 2 nitrogen and oxygen atoms in total. The summed E-state index contributed by atoms with van der Waals surface area (Å²) in [5.41, 5.74) is 3.15. The summed E-state index contributed by atoms with van der Waals surface area (Å²) in [7, 11) is 1.95. The van der Waals surface area contributed by atoms with E-state index in [1.807, 2.05) is 72.6 Å². The minimum atomic E-state index is -0.0265. The molecule has 0 fully saturated rings. The van der Waals surface area contributed by atoms with E-state index in [9.17, 15) is 4.79 Å². The molecule has 114 valence electrons. The minimum Gasteiger partial charge on any atom is -0.343 e. The third kappa shape index (κ3) is 3.27. The summed E-state index contributed by atoms with van der Waals surface area (Å²) in [6.07, 6.45) is 0. The lowest BCUT2D eigenvalue weighted by molar-refractivity contribution is 0.103. The second kappa shape index (κ2) is 6.67. The van der Waals surface area contributed by atoms with E-state index in [1.165, 1.54) is 0 Å². The number of anilines is 2. The van der Waals surface area contributed by atoms with E-state index in [0.29, 0.717) is 16.1 Å². The summed E-state index contributed by atoms with van der Waals surface area (Å²) in [4.78, 5) is 14.5. The van der Waals surface area contributed by atoms with Crippen LogP contribution in [0.15, 0.2) is 78.9 Å². The van der Waals surface area contributed by atoms with Crippen LogP contribution in [0.2, 0.25) is 5.02 Å². The van der Waals surface area contributed by atoms with E-state index in [2.05, 4.69) is 0 Å². The summed E-state index contributed by atoms with van der Waals surface area (Å²) in [5.74, 6) is -0.0265. The molecule has 0 radical (unpaired) electrons. The first-order valence-corrected chi connectivity index (χ1v) is 7.72. The van der Waals surface area contributed by atoms with Crippen molar-refractivity contribution in [1.29, 1.82) is 0 Å². The van der Waals surface area contributed by atoms with Crippen molar-refractivity contribution in [3.8, 4) is 0 Å². The van der Waals surface area contributed by atoms with E-state index in [0.717, 1.165) is 11.4 Å². The van der Waals surface area contributed by atoms with Gasteiger partial charge in [0.1, 0.15) is 0 Å². The molecule has 0 N–H and O–H groups in total. The highest BCUT2D eigenvalue weighted by Crippen LogP contribution is 2.31. The third-order valence-electron chi connectivity index (χ3n) is 3.75. The predicted octanol–water partition coefficient (Wildman–Crippen LogP) is 5.34. The Labute approximate surface area is 141 Å². The van der Waals surface area contributed by atoms with Crippen LogP contribution in [0.25, 0.3) is 0 Å². The van der Waals surface area contributed by atoms with Crippen molar-refractivity contribution in [3.05, 3.63) is 95.0 Å². The van der Waals surface area contributed by atoms with Crippen LogP contribution in [0.1, 0.15) is 15.9 Å². The fourth-order valence-electron chi connectivity index (χ4n) is 2.47. The first-order chi connectivity index (χ1) is 11.2. The van der Waals surface area contributed by atoms with Crippen LogP contribution >= 0.6 is 11.6 Å². The number of hydrogen-bond acceptors (Lipinski definition) is 2. The molecular weight excluding hydrogens is 306 g/mol. The molecule has 0 bridgehead atoms. The molecule has 0 atom stereocenters. The largest absolute Gasteiger partial charge is 0.343 e. The number of para-hydroxylation sites is 1. The van der Waals surface area contributed by atoms with Gasteiger partial charge in [-0.05, 0) is 30.3 Å². The molecule has 0 heterocycles. The number of rotatable bonds is 4. The third-order valence-corrected chi connectivity index (χ3v) is 4.05. The Hall–Kier alpha value is -2.58. The molecule has 0 saturated heterocycles. The zero-order valence-electron chi connectivity index (χ0n) is 12.7. The van der Waals surface area contributed by atoms with Gasteiger partial charge in [-0.1, -0.05) is 60.1 Å². The van der Waals surface area contributed by atoms with E-state index >= 15 is 0 Å². The van der Waals surface area contributed by atoms with Crippen LogP contribution in [-0.2, 0) is 0 Å². The van der Waals surface area contributed by atoms with E-state index in [-0.39, 0.29) is 5.78 Å². The number of carbonyl (C=O) groups excluding carboxylic acids is 1. The average molecular weight is 322 g/mol. The van der Waals surface area contributed by atoms with Gasteiger partial charge in [-0.3, -0.25) is 4.79 Å². The summed E-state index contributed by atoms with van der Waals surface area (Å²) < 4.78 is 0. The topological polar surface area (TPSA) is 20.3 Å². The molecule has 0 amide bonds. The molecule has 0 saturated carbocycles. The molecule has 3 aromatic carbocycles. The van der Waals surface area contributed by atoms with Crippen LogP contribution in [0.3, 0.4) is 0 Å². The molecule has 0 aliphatic rings. The number of halogens is 1. The second-order valence-corrected chi connectivity index (χ2v) is 5.66. The highest BCUT2D eigenvalue weighted by Gasteiger charge is 2.13. The highest BCUT2D eigenvalue weighted by molar-refractivity contribution is 6.34. The van der Waals surface area contributed by atoms with Crippen molar-refractivity contribution in [2.45, 2.75) is 0 Å². The van der Waals surface area contributed by atoms with Crippen molar-refractivity contribution in [2.24, 2.45) is 0 Å². The standard InChI is InChI=1S/C20H16ClNO/c1-22(17-10-6-3-7-11-17)19-13-12-16(14-18(19)21)20(23)15-8-4-2-5-9-15/h2-14H,1H3. The Morgan fingerprint density at radius 1 is 0.826 bits per heavy atom. The maximum atomic E-state index is 12.5. The first-order valence-electron chi connectivity index (χ1n) is 7.35. The highest BCUT2D eigenvalue weighted by atomic mass is 35.5. The van der Waals surface area contributed by atoms with Gasteiger partial charge in [-0.15, -0.1) is 0 Å². The van der Waals surface area contributed by atoms with Crippen LogP contribution in [0.5, 0.6) is 0 Å². The van der Waals surface area contributed by atoms with Gasteiger partial charge >= 0.3 is 0 Å². The van der Waals surface area contributed by atoms with Gasteiger partial charge in [0.15, 0.2) is 5.78 Å². The fourth-order valence-corrected chi connectivity index (χ4v) is 2.77. The summed E-state index contributed by atoms with van der Waals surface area (Å²) in [5, 5.41) is 0.554.